The van der Waals surface area contributed by atoms with E-state index in [2.05, 4.69) is 62.3 Å². The van der Waals surface area contributed by atoms with Crippen molar-refractivity contribution in [2.45, 2.75) is 271 Å². The molecular weight excluding hydrogens is 1450 g/mol. The number of imide groups is 3. The second kappa shape index (κ2) is 51.3. The van der Waals surface area contributed by atoms with Crippen LogP contribution in [0.3, 0.4) is 0 Å². The fraction of sp³-hybridized carbons (Fsp3) is 0.647. The van der Waals surface area contributed by atoms with Gasteiger partial charge in [0, 0.05) is 121 Å². The Morgan fingerprint density at radius 1 is 0.545 bits per heavy atom. The van der Waals surface area contributed by atoms with Crippen molar-refractivity contribution in [2.75, 3.05) is 86.8 Å². The van der Waals surface area contributed by atoms with Gasteiger partial charge < -0.3 is 53.2 Å². The number of Topliss-reactive ketones (excluding diaryl/α,β-unsaturated/α-hetero) is 2. The van der Waals surface area contributed by atoms with Crippen LogP contribution in [0.1, 0.15) is 302 Å². The summed E-state index contributed by atoms with van der Waals surface area (Å²) in [6.07, 6.45) is 18.3. The summed E-state index contributed by atoms with van der Waals surface area (Å²) in [6.45, 7) is 24.8. The number of likely N-dealkylation sites (tertiary alicyclic amines) is 3. The van der Waals surface area contributed by atoms with E-state index in [0.29, 0.717) is 105 Å². The second-order valence-corrected chi connectivity index (χ2v) is 30.4. The molecule has 622 valence electrons. The molecular formula is C85H129N8O18P. The van der Waals surface area contributed by atoms with Gasteiger partial charge in [0.25, 0.3) is 44.0 Å². The van der Waals surface area contributed by atoms with E-state index in [0.717, 1.165) is 129 Å². The van der Waals surface area contributed by atoms with Gasteiger partial charge in [-0.05, 0) is 181 Å². The number of esters is 2. The second-order valence-electron chi connectivity index (χ2n) is 29.0. The van der Waals surface area contributed by atoms with Gasteiger partial charge >= 0.3 is 11.9 Å². The van der Waals surface area contributed by atoms with Crippen molar-refractivity contribution in [1.82, 2.24) is 34.1 Å². The number of rotatable bonds is 39. The highest BCUT2D eigenvalue weighted by Gasteiger charge is 2.45. The van der Waals surface area contributed by atoms with Gasteiger partial charge in [0.15, 0.2) is 11.4 Å². The molecule has 0 aromatic heterocycles. The number of carbonyl (C=O) groups excluding carboxylic acids is 11. The Morgan fingerprint density at radius 2 is 0.938 bits per heavy atom. The summed E-state index contributed by atoms with van der Waals surface area (Å²) in [5.41, 5.74) is 1.00. The molecule has 0 bridgehead atoms. The monoisotopic (exact) mass is 1590 g/mol. The van der Waals surface area contributed by atoms with Crippen molar-refractivity contribution < 1.29 is 90.7 Å². The predicted molar refractivity (Wildman–Crippen MR) is 431 cm³/mol. The number of aliphatic hydroxyl groups is 3. The van der Waals surface area contributed by atoms with Crippen LogP contribution in [-0.2, 0) is 42.5 Å². The standard InChI is InChI=1S/C30H47N4O4P.C26H34N2O6.C26H36N2O5.3CH4O/c1-23(2)34(24(3)4)39(37-22-18-31-6)38-25(5)28-17-11-14-20-32(28)19-12-7-8-13-21-33-29(35)26-15-9-10-16-27(26)30(33)36;1-3-26(34-23(31)15-14-19(2)29)16-8-10-18-28(26)22(30)13-5-4-9-17-27-24(32)20-11-6-7-12-21(20)25(27)33;1-3-26(33-23(30)15-14-20(2)29)16-8-11-18-27(26)17-9-4-5-10-19-28-24(31)21-12-6-7-13-22(21)25(28)32;3*1-2/h9-10,15-16,23-25,28H,7-8,11-14,17-22H2,1-5H3;6-7,11-12H,3-5,8-10,13-18H2,1-2H3;6-7,12-13H,3-5,8-11,14-19H2,1-2H3;3*2H,1H3/i5D;2*1D;3*2T. The smallest absolute Gasteiger partial charge is 0.308 e. The van der Waals surface area contributed by atoms with E-state index in [4.69, 9.17) is 33.5 Å². The van der Waals surface area contributed by atoms with Crippen molar-refractivity contribution in [3.05, 3.63) is 118 Å². The molecule has 3 saturated heterocycles. The van der Waals surface area contributed by atoms with Gasteiger partial charge in [0.1, 0.15) is 18.2 Å². The summed E-state index contributed by atoms with van der Waals surface area (Å²) in [7, 11) is 2.50. The maximum absolute atomic E-state index is 13.1. The Hall–Kier alpha value is -7.57. The Bertz CT molecular complexity index is 3570. The maximum Gasteiger partial charge on any atom is 0.308 e. The summed E-state index contributed by atoms with van der Waals surface area (Å²) in [6, 6.07) is 21.4. The number of ketones is 2. The van der Waals surface area contributed by atoms with Gasteiger partial charge in [-0.1, -0.05) is 88.7 Å². The van der Waals surface area contributed by atoms with Gasteiger partial charge in [-0.2, -0.15) is 0 Å². The third kappa shape index (κ3) is 28.2. The summed E-state index contributed by atoms with van der Waals surface area (Å²) in [5, 5.41) is 10.5. The highest BCUT2D eigenvalue weighted by atomic mass is 31.2. The Balaban J connectivity index is 0.000000355. The number of unbranched alkanes of at least 4 members (excludes halogenated alkanes) is 8. The molecule has 26 nitrogen and oxygen atoms in total. The first-order valence-electron chi connectivity index (χ1n) is 43.2. The van der Waals surface area contributed by atoms with E-state index in [-0.39, 0.29) is 142 Å². The van der Waals surface area contributed by atoms with E-state index in [1.807, 2.05) is 0 Å². The third-order valence-electron chi connectivity index (χ3n) is 20.6. The Morgan fingerprint density at radius 3 is 1.36 bits per heavy atom. The molecule has 3 aromatic rings. The van der Waals surface area contributed by atoms with E-state index in [1.165, 1.54) is 49.9 Å². The predicted octanol–water partition coefficient (Wildman–Crippen LogP) is 13.4. The van der Waals surface area contributed by atoms with Crippen molar-refractivity contribution in [2.24, 2.45) is 0 Å². The lowest BCUT2D eigenvalue weighted by Crippen LogP contribution is -2.56. The molecule has 0 saturated carbocycles. The van der Waals surface area contributed by atoms with Crippen LogP contribution in [-0.4, -0.2) is 241 Å². The molecule has 5 unspecified atom stereocenters. The molecule has 6 aliphatic heterocycles. The fourth-order valence-corrected chi connectivity index (χ4v) is 16.6. The number of hydrogen-bond acceptors (Lipinski definition) is 21. The van der Waals surface area contributed by atoms with E-state index >= 15 is 0 Å². The first-order valence-corrected chi connectivity index (χ1v) is 41.0. The lowest BCUT2D eigenvalue weighted by molar-refractivity contribution is -0.199. The summed E-state index contributed by atoms with van der Waals surface area (Å²) in [4.78, 5) is 149. The fourth-order valence-electron chi connectivity index (χ4n) is 14.9. The lowest BCUT2D eigenvalue weighted by atomic mass is 9.94. The van der Waals surface area contributed by atoms with Gasteiger partial charge in [0.2, 0.25) is 16.7 Å². The highest BCUT2D eigenvalue weighted by molar-refractivity contribution is 7.44. The zero-order valence-corrected chi connectivity index (χ0v) is 68.8. The van der Waals surface area contributed by atoms with Crippen LogP contribution in [0.25, 0.3) is 4.85 Å². The third-order valence-corrected chi connectivity index (χ3v) is 22.7. The molecule has 0 aliphatic carbocycles. The number of fused-ring (bicyclic) bond motifs is 3. The number of nitrogens with zero attached hydrogens (tertiary/aromatic N) is 8. The minimum Gasteiger partial charge on any atom is -0.444 e. The van der Waals surface area contributed by atoms with Crippen LogP contribution in [0.4, 0.5) is 0 Å². The van der Waals surface area contributed by atoms with E-state index in [9.17, 15) is 52.7 Å². The van der Waals surface area contributed by atoms with Gasteiger partial charge in [-0.15, -0.1) is 0 Å². The van der Waals surface area contributed by atoms with Crippen LogP contribution < -0.4 is 0 Å². The molecule has 112 heavy (non-hydrogen) atoms. The van der Waals surface area contributed by atoms with Gasteiger partial charge in [0.05, 0.1) is 52.3 Å². The van der Waals surface area contributed by atoms with Crippen molar-refractivity contribution in [3.63, 3.8) is 0 Å². The van der Waals surface area contributed by atoms with Crippen LogP contribution in [0.2, 0.25) is 0 Å². The Kier molecular flexibility index (Phi) is 39.8. The zero-order valence-electron chi connectivity index (χ0n) is 73.9. The van der Waals surface area contributed by atoms with Crippen molar-refractivity contribution >= 4 is 73.4 Å². The number of amides is 7. The summed E-state index contributed by atoms with van der Waals surface area (Å²) < 4.78 is 67.6. The molecule has 3 N–H and O–H groups in total. The van der Waals surface area contributed by atoms with Gasteiger partial charge in [-0.3, -0.25) is 67.7 Å². The number of hydrogen-bond donors (Lipinski definition) is 3. The van der Waals surface area contributed by atoms with Crippen LogP contribution >= 0.6 is 8.53 Å². The number of benzene rings is 3. The molecule has 6 aliphatic rings. The minimum atomic E-state index is -1.37. The van der Waals surface area contributed by atoms with Crippen LogP contribution in [0, 0.1) is 6.57 Å². The number of ether oxygens (including phenoxy) is 2. The molecule has 3 fully saturated rings. The molecule has 9 rings (SSSR count). The summed E-state index contributed by atoms with van der Waals surface area (Å²) in [5.74, 6) is -2.47. The van der Waals surface area contributed by atoms with Crippen molar-refractivity contribution in [1.29, 1.82) is 4.29 Å². The van der Waals surface area contributed by atoms with Crippen LogP contribution in [0.15, 0.2) is 72.8 Å². The van der Waals surface area contributed by atoms with E-state index < -0.39 is 25.9 Å². The SMILES string of the molecule is [2H]CC(OP(OCC[N+]#[C-])N(C(C)C)C(C)C)C1CCCCN1CCCCCCN1C(=O)c2ccccc2C1=O.[2H]CCC1(OC(=O)CCC(C)=O)CCCCN1C(=O)CCCCCN1C(=O)c2ccccc2C1=O.[2H]CCC1(OC(=O)CCC(C)=O)CCCCN1CCCCCCN1C(=O)c2ccccc2C1=O.[3H]OC.[3H]OC.[3H]OC. The summed E-state index contributed by atoms with van der Waals surface area (Å²) >= 11 is 0. The quantitative estimate of drug-likeness (QED) is 0.0157. The average molecular weight is 1590 g/mol. The Labute approximate surface area is 675 Å². The van der Waals surface area contributed by atoms with E-state index in [1.54, 1.807) is 77.7 Å². The lowest BCUT2D eigenvalue weighted by Gasteiger charge is -2.46. The topological polar surface area (TPSA) is 312 Å². The molecule has 0 radical (unpaired) electrons. The largest absolute Gasteiger partial charge is 0.444 e. The highest BCUT2D eigenvalue weighted by Crippen LogP contribution is 2.48. The molecule has 27 heteroatoms. The van der Waals surface area contributed by atoms with Crippen LogP contribution in [0.5, 0.6) is 0 Å². The normalized spacial score (nSPS) is 19.8. The first kappa shape index (κ1) is 86.8. The number of carbonyl (C=O) groups is 11. The molecule has 7 amide bonds. The number of piperidine rings is 3. The van der Waals surface area contributed by atoms with Gasteiger partial charge in [-0.25, -0.2) is 11.2 Å². The molecule has 3 aromatic carbocycles. The maximum atomic E-state index is 13.1. The minimum absolute atomic E-state index is 0.0179. The molecule has 0 spiro atoms. The zero-order chi connectivity index (χ0) is 87.2. The number of aliphatic hydroxyl groups excluding tert-OH is 3. The average Bonchev–Trinajstić information content (AvgIpc) is 1.10. The first-order chi connectivity index (χ1) is 56.7. The molecule has 6 heterocycles. The van der Waals surface area contributed by atoms with Crippen molar-refractivity contribution in [3.8, 4) is 0 Å². The molecule has 5 atom stereocenters.